The number of hydrogen-bond acceptors (Lipinski definition) is 5. The maximum Gasteiger partial charge on any atom is 0.225 e. The van der Waals surface area contributed by atoms with E-state index in [0.29, 0.717) is 18.8 Å². The number of carbonyl (C=O) groups excluding carboxylic acids is 1. The van der Waals surface area contributed by atoms with Gasteiger partial charge in [-0.2, -0.15) is 5.10 Å². The van der Waals surface area contributed by atoms with Crippen molar-refractivity contribution in [2.24, 2.45) is 5.41 Å². The molecule has 0 atom stereocenters. The lowest BCUT2D eigenvalue weighted by Crippen LogP contribution is -2.36. The molecule has 1 amide bonds. The Kier molecular flexibility index (Phi) is 4.76. The summed E-state index contributed by atoms with van der Waals surface area (Å²) in [5.74, 6) is 0.731. The number of aromatic nitrogens is 3. The third-order valence-electron chi connectivity index (χ3n) is 3.78. The van der Waals surface area contributed by atoms with Crippen molar-refractivity contribution in [2.75, 3.05) is 6.54 Å². The summed E-state index contributed by atoms with van der Waals surface area (Å²) in [5.41, 5.74) is 2.32. The van der Waals surface area contributed by atoms with Gasteiger partial charge in [0.25, 0.3) is 0 Å². The SMILES string of the molecule is Cc1cc(-c2cnn(CCNC(=O)C(C)(C)C)c2-c2cccs2)on1. The topological polar surface area (TPSA) is 73.0 Å². The van der Waals surface area contributed by atoms with E-state index in [4.69, 9.17) is 4.52 Å². The molecule has 1 N–H and O–H groups in total. The zero-order chi connectivity index (χ0) is 18.0. The summed E-state index contributed by atoms with van der Waals surface area (Å²) in [4.78, 5) is 13.1. The van der Waals surface area contributed by atoms with Gasteiger partial charge in [0.05, 0.1) is 34.6 Å². The first-order chi connectivity index (χ1) is 11.9. The van der Waals surface area contributed by atoms with E-state index < -0.39 is 5.41 Å². The monoisotopic (exact) mass is 358 g/mol. The molecule has 3 aromatic rings. The third kappa shape index (κ3) is 3.82. The molecule has 0 aromatic carbocycles. The maximum atomic E-state index is 12.0. The molecule has 3 heterocycles. The van der Waals surface area contributed by atoms with Gasteiger partial charge in [0.15, 0.2) is 5.76 Å². The molecule has 0 aliphatic rings. The fourth-order valence-corrected chi connectivity index (χ4v) is 3.23. The highest BCUT2D eigenvalue weighted by Crippen LogP contribution is 2.34. The van der Waals surface area contributed by atoms with Crippen LogP contribution in [0.3, 0.4) is 0 Å². The van der Waals surface area contributed by atoms with Crippen molar-refractivity contribution in [3.63, 3.8) is 0 Å². The minimum Gasteiger partial charge on any atom is -0.356 e. The molecular formula is C18H22N4O2S. The van der Waals surface area contributed by atoms with E-state index in [1.165, 1.54) is 0 Å². The van der Waals surface area contributed by atoms with Crippen molar-refractivity contribution < 1.29 is 9.32 Å². The molecule has 6 nitrogen and oxygen atoms in total. The van der Waals surface area contributed by atoms with Crippen LogP contribution in [-0.4, -0.2) is 27.4 Å². The lowest BCUT2D eigenvalue weighted by atomic mass is 9.96. The van der Waals surface area contributed by atoms with E-state index in [1.807, 2.05) is 49.9 Å². The Hall–Kier alpha value is -2.41. The van der Waals surface area contributed by atoms with Gasteiger partial charge in [-0.3, -0.25) is 9.48 Å². The summed E-state index contributed by atoms with van der Waals surface area (Å²) in [5, 5.41) is 13.5. The number of nitrogens with zero attached hydrogens (tertiary/aromatic N) is 3. The maximum absolute atomic E-state index is 12.0. The van der Waals surface area contributed by atoms with Crippen LogP contribution in [0.4, 0.5) is 0 Å². The number of nitrogens with one attached hydrogen (secondary N) is 1. The van der Waals surface area contributed by atoms with Gasteiger partial charge in [0.1, 0.15) is 0 Å². The molecule has 0 unspecified atom stereocenters. The Morgan fingerprint density at radius 1 is 1.40 bits per heavy atom. The van der Waals surface area contributed by atoms with Crippen LogP contribution in [0.2, 0.25) is 0 Å². The number of aryl methyl sites for hydroxylation is 1. The van der Waals surface area contributed by atoms with Gasteiger partial charge in [0.2, 0.25) is 5.91 Å². The van der Waals surface area contributed by atoms with Gasteiger partial charge in [-0.05, 0) is 18.4 Å². The number of rotatable bonds is 5. The predicted molar refractivity (Wildman–Crippen MR) is 98.2 cm³/mol. The summed E-state index contributed by atoms with van der Waals surface area (Å²) >= 11 is 1.64. The normalized spacial score (nSPS) is 11.7. The minimum atomic E-state index is -0.400. The standard InChI is InChI=1S/C18H22N4O2S/c1-12-10-14(24-21-12)13-11-20-22(16(13)15-6-5-9-25-15)8-7-19-17(23)18(2,3)4/h5-6,9-11H,7-8H2,1-4H3,(H,19,23). The largest absolute Gasteiger partial charge is 0.356 e. The molecule has 0 saturated heterocycles. The van der Waals surface area contributed by atoms with Crippen LogP contribution in [0.5, 0.6) is 0 Å². The highest BCUT2D eigenvalue weighted by Gasteiger charge is 2.22. The fraction of sp³-hybridized carbons (Fsp3) is 0.389. The van der Waals surface area contributed by atoms with E-state index in [0.717, 1.165) is 21.8 Å². The van der Waals surface area contributed by atoms with Crippen LogP contribution in [0.15, 0.2) is 34.3 Å². The molecular weight excluding hydrogens is 336 g/mol. The van der Waals surface area contributed by atoms with Crippen molar-refractivity contribution in [3.05, 3.63) is 35.5 Å². The van der Waals surface area contributed by atoms with Crippen molar-refractivity contribution in [2.45, 2.75) is 34.2 Å². The second-order valence-electron chi connectivity index (χ2n) is 6.95. The fourth-order valence-electron chi connectivity index (χ4n) is 2.44. The van der Waals surface area contributed by atoms with E-state index in [-0.39, 0.29) is 5.91 Å². The van der Waals surface area contributed by atoms with Crippen molar-refractivity contribution in [1.29, 1.82) is 0 Å². The van der Waals surface area contributed by atoms with Crippen molar-refractivity contribution in [1.82, 2.24) is 20.3 Å². The Bertz CT molecular complexity index is 856. The van der Waals surface area contributed by atoms with Gasteiger partial charge in [-0.25, -0.2) is 0 Å². The molecule has 0 aliphatic carbocycles. The van der Waals surface area contributed by atoms with Gasteiger partial charge in [-0.15, -0.1) is 11.3 Å². The zero-order valence-electron chi connectivity index (χ0n) is 14.9. The van der Waals surface area contributed by atoms with E-state index >= 15 is 0 Å². The van der Waals surface area contributed by atoms with Gasteiger partial charge in [0, 0.05) is 18.0 Å². The van der Waals surface area contributed by atoms with Crippen molar-refractivity contribution in [3.8, 4) is 21.9 Å². The Labute approximate surface area is 150 Å². The summed E-state index contributed by atoms with van der Waals surface area (Å²) in [6.07, 6.45) is 1.79. The summed E-state index contributed by atoms with van der Waals surface area (Å²) in [6.45, 7) is 8.70. The lowest BCUT2D eigenvalue weighted by Gasteiger charge is -2.17. The van der Waals surface area contributed by atoms with Crippen LogP contribution >= 0.6 is 11.3 Å². The average molecular weight is 358 g/mol. The first-order valence-electron chi connectivity index (χ1n) is 8.18. The Morgan fingerprint density at radius 2 is 2.20 bits per heavy atom. The number of hydrogen-bond donors (Lipinski definition) is 1. The zero-order valence-corrected chi connectivity index (χ0v) is 15.7. The second kappa shape index (κ2) is 6.84. The van der Waals surface area contributed by atoms with Gasteiger partial charge >= 0.3 is 0 Å². The van der Waals surface area contributed by atoms with Crippen LogP contribution in [0.1, 0.15) is 26.5 Å². The molecule has 0 bridgehead atoms. The molecule has 3 rings (SSSR count). The number of thiophene rings is 1. The third-order valence-corrected chi connectivity index (χ3v) is 4.65. The summed E-state index contributed by atoms with van der Waals surface area (Å²) in [6, 6.07) is 5.96. The first kappa shape index (κ1) is 17.4. The quantitative estimate of drug-likeness (QED) is 0.754. The highest BCUT2D eigenvalue weighted by atomic mass is 32.1. The Morgan fingerprint density at radius 3 is 2.80 bits per heavy atom. The van der Waals surface area contributed by atoms with E-state index in [9.17, 15) is 4.79 Å². The molecule has 3 aromatic heterocycles. The highest BCUT2D eigenvalue weighted by molar-refractivity contribution is 7.13. The molecule has 0 saturated carbocycles. The smallest absolute Gasteiger partial charge is 0.225 e. The molecule has 7 heteroatoms. The summed E-state index contributed by atoms with van der Waals surface area (Å²) in [7, 11) is 0. The lowest BCUT2D eigenvalue weighted by molar-refractivity contribution is -0.128. The molecule has 0 radical (unpaired) electrons. The van der Waals surface area contributed by atoms with E-state index in [2.05, 4.69) is 21.6 Å². The number of amides is 1. The average Bonchev–Trinajstić information content (AvgIpc) is 3.25. The van der Waals surface area contributed by atoms with Gasteiger partial charge < -0.3 is 9.84 Å². The van der Waals surface area contributed by atoms with Crippen LogP contribution in [0.25, 0.3) is 21.9 Å². The van der Waals surface area contributed by atoms with Gasteiger partial charge in [-0.1, -0.05) is 32.0 Å². The molecule has 0 aliphatic heterocycles. The predicted octanol–water partition coefficient (Wildman–Crippen LogP) is 3.74. The van der Waals surface area contributed by atoms with E-state index in [1.54, 1.807) is 17.5 Å². The Balaban J connectivity index is 1.85. The van der Waals surface area contributed by atoms with Crippen molar-refractivity contribution >= 4 is 17.2 Å². The molecule has 0 fully saturated rings. The van der Waals surface area contributed by atoms with Crippen LogP contribution in [-0.2, 0) is 11.3 Å². The molecule has 25 heavy (non-hydrogen) atoms. The van der Waals surface area contributed by atoms with Crippen LogP contribution in [0, 0.1) is 12.3 Å². The second-order valence-corrected chi connectivity index (χ2v) is 7.89. The molecule has 0 spiro atoms. The van der Waals surface area contributed by atoms with Crippen LogP contribution < -0.4 is 5.32 Å². The summed E-state index contributed by atoms with van der Waals surface area (Å²) < 4.78 is 7.33. The molecule has 132 valence electrons. The minimum absolute atomic E-state index is 0.0309. The first-order valence-corrected chi connectivity index (χ1v) is 9.06. The number of carbonyl (C=O) groups is 1.